The maximum absolute atomic E-state index is 12.7. The van der Waals surface area contributed by atoms with Crippen LogP contribution in [0.25, 0.3) is 0 Å². The number of carbonyl (C=O) groups excluding carboxylic acids is 2. The molecule has 2 atom stereocenters. The minimum absolute atomic E-state index is 0.387. The van der Waals surface area contributed by atoms with Gasteiger partial charge in [0.25, 0.3) is 0 Å². The third kappa shape index (κ3) is 3.64. The second-order valence-electron chi connectivity index (χ2n) is 6.58. The molecule has 0 aromatic heterocycles. The average molecular weight is 294 g/mol. The highest BCUT2D eigenvalue weighted by atomic mass is 19.4. The van der Waals surface area contributed by atoms with Crippen LogP contribution in [0.1, 0.15) is 34.6 Å². The zero-order valence-corrected chi connectivity index (χ0v) is 12.3. The van der Waals surface area contributed by atoms with Gasteiger partial charge in [0.2, 0.25) is 11.8 Å². The monoisotopic (exact) mass is 294 g/mol. The second-order valence-corrected chi connectivity index (χ2v) is 6.58. The molecule has 4 nitrogen and oxygen atoms in total. The Morgan fingerprint density at radius 1 is 1.20 bits per heavy atom. The van der Waals surface area contributed by atoms with Crippen LogP contribution in [0.15, 0.2) is 0 Å². The maximum Gasteiger partial charge on any atom is 0.406 e. The lowest BCUT2D eigenvalue weighted by Gasteiger charge is -2.44. The zero-order valence-electron chi connectivity index (χ0n) is 12.3. The average Bonchev–Trinajstić information content (AvgIpc) is 2.18. The predicted octanol–water partition coefficient (Wildman–Crippen LogP) is 1.95. The van der Waals surface area contributed by atoms with Crippen molar-refractivity contribution in [1.29, 1.82) is 0 Å². The molecule has 1 N–H and O–H groups in total. The van der Waals surface area contributed by atoms with Gasteiger partial charge >= 0.3 is 6.18 Å². The number of amides is 2. The van der Waals surface area contributed by atoms with Gasteiger partial charge in [-0.2, -0.15) is 13.2 Å². The summed E-state index contributed by atoms with van der Waals surface area (Å²) in [7, 11) is 0. The summed E-state index contributed by atoms with van der Waals surface area (Å²) in [5, 5.41) is 2.56. The minimum Gasteiger partial charge on any atom is -0.342 e. The fourth-order valence-corrected chi connectivity index (χ4v) is 2.35. The Bertz CT molecular complexity index is 399. The normalized spacial score (nSPS) is 25.1. The molecule has 2 unspecified atom stereocenters. The number of carbonyl (C=O) groups is 2. The highest BCUT2D eigenvalue weighted by molar-refractivity contribution is 5.97. The summed E-state index contributed by atoms with van der Waals surface area (Å²) in [5.74, 6) is -1.58. The van der Waals surface area contributed by atoms with Crippen LogP contribution in [-0.4, -0.2) is 41.5 Å². The van der Waals surface area contributed by atoms with Gasteiger partial charge in [-0.05, 0) is 11.3 Å². The zero-order chi connectivity index (χ0) is 15.9. The van der Waals surface area contributed by atoms with Crippen LogP contribution < -0.4 is 5.32 Å². The van der Waals surface area contributed by atoms with E-state index in [0.717, 1.165) is 0 Å². The highest BCUT2D eigenvalue weighted by Crippen LogP contribution is 2.29. The Morgan fingerprint density at radius 3 is 2.05 bits per heavy atom. The van der Waals surface area contributed by atoms with E-state index in [-0.39, 0.29) is 5.92 Å². The Balaban J connectivity index is 3.14. The molecule has 1 heterocycles. The summed E-state index contributed by atoms with van der Waals surface area (Å²) in [4.78, 5) is 25.0. The van der Waals surface area contributed by atoms with Crippen molar-refractivity contribution >= 4 is 11.8 Å². The largest absolute Gasteiger partial charge is 0.406 e. The van der Waals surface area contributed by atoms with Gasteiger partial charge in [-0.15, -0.1) is 0 Å². The van der Waals surface area contributed by atoms with Crippen molar-refractivity contribution in [3.63, 3.8) is 0 Å². The number of alkyl halides is 3. The third-order valence-electron chi connectivity index (χ3n) is 3.27. The van der Waals surface area contributed by atoms with Crippen molar-refractivity contribution in [3.05, 3.63) is 0 Å². The number of nitrogens with zero attached hydrogens (tertiary/aromatic N) is 1. The molecule has 0 aromatic carbocycles. The first-order valence-electron chi connectivity index (χ1n) is 6.52. The van der Waals surface area contributed by atoms with E-state index in [4.69, 9.17) is 0 Å². The summed E-state index contributed by atoms with van der Waals surface area (Å²) in [6.45, 7) is 6.97. The first kappa shape index (κ1) is 16.8. The molecule has 20 heavy (non-hydrogen) atoms. The molecule has 0 radical (unpaired) electrons. The van der Waals surface area contributed by atoms with Crippen LogP contribution in [0.4, 0.5) is 13.2 Å². The van der Waals surface area contributed by atoms with E-state index in [2.05, 4.69) is 5.32 Å². The molecule has 0 saturated carbocycles. The van der Waals surface area contributed by atoms with Crippen molar-refractivity contribution in [3.8, 4) is 0 Å². The molecule has 1 rings (SSSR count). The van der Waals surface area contributed by atoms with Crippen LogP contribution in [0.2, 0.25) is 0 Å². The lowest BCUT2D eigenvalue weighted by atomic mass is 9.82. The lowest BCUT2D eigenvalue weighted by molar-refractivity contribution is -0.178. The van der Waals surface area contributed by atoms with Gasteiger partial charge in [-0.1, -0.05) is 34.6 Å². The summed E-state index contributed by atoms with van der Waals surface area (Å²) in [6.07, 6.45) is -4.52. The maximum atomic E-state index is 12.7. The molecular weight excluding hydrogens is 273 g/mol. The van der Waals surface area contributed by atoms with Crippen LogP contribution in [-0.2, 0) is 9.59 Å². The Kier molecular flexibility index (Phi) is 4.41. The fraction of sp³-hybridized carbons (Fsp3) is 0.846. The quantitative estimate of drug-likeness (QED) is 0.846. The number of piperazine rings is 1. The van der Waals surface area contributed by atoms with E-state index < -0.39 is 42.0 Å². The van der Waals surface area contributed by atoms with E-state index in [9.17, 15) is 22.8 Å². The number of hydrogen-bond acceptors (Lipinski definition) is 2. The summed E-state index contributed by atoms with van der Waals surface area (Å²) in [6, 6.07) is -2.02. The van der Waals surface area contributed by atoms with Crippen LogP contribution in [0.3, 0.4) is 0 Å². The van der Waals surface area contributed by atoms with Crippen LogP contribution >= 0.6 is 0 Å². The topological polar surface area (TPSA) is 49.4 Å². The second kappa shape index (κ2) is 5.26. The molecule has 0 spiro atoms. The number of halogens is 3. The van der Waals surface area contributed by atoms with Crippen molar-refractivity contribution < 1.29 is 22.8 Å². The molecule has 2 amide bonds. The first-order valence-corrected chi connectivity index (χ1v) is 6.52. The van der Waals surface area contributed by atoms with Crippen molar-refractivity contribution in [1.82, 2.24) is 10.2 Å². The minimum atomic E-state index is -4.52. The fourth-order valence-electron chi connectivity index (χ4n) is 2.35. The van der Waals surface area contributed by atoms with E-state index in [1.54, 1.807) is 34.6 Å². The Labute approximate surface area is 116 Å². The van der Waals surface area contributed by atoms with Gasteiger partial charge in [0.15, 0.2) is 0 Å². The molecule has 0 aromatic rings. The van der Waals surface area contributed by atoms with Crippen molar-refractivity contribution in [2.75, 3.05) is 6.54 Å². The molecule has 0 aliphatic carbocycles. The van der Waals surface area contributed by atoms with Gasteiger partial charge in [-0.25, -0.2) is 0 Å². The first-order chi connectivity index (χ1) is 8.84. The summed E-state index contributed by atoms with van der Waals surface area (Å²) < 4.78 is 38.0. The summed E-state index contributed by atoms with van der Waals surface area (Å²) >= 11 is 0. The highest BCUT2D eigenvalue weighted by Gasteiger charge is 2.49. The van der Waals surface area contributed by atoms with Gasteiger partial charge in [0.1, 0.15) is 18.6 Å². The molecule has 1 aliphatic rings. The van der Waals surface area contributed by atoms with Crippen molar-refractivity contribution in [2.24, 2.45) is 11.3 Å². The standard InChI is InChI=1S/C13H21F3N2O2/c1-7(2)8-10(19)17-9(12(3,4)5)11(20)18(8)6-13(14,15)16/h7-9H,6H2,1-5H3,(H,17,19). The van der Waals surface area contributed by atoms with Gasteiger partial charge in [-0.3, -0.25) is 9.59 Å². The van der Waals surface area contributed by atoms with Crippen molar-refractivity contribution in [2.45, 2.75) is 52.9 Å². The van der Waals surface area contributed by atoms with Gasteiger partial charge in [0.05, 0.1) is 0 Å². The predicted molar refractivity (Wildman–Crippen MR) is 67.8 cm³/mol. The Morgan fingerprint density at radius 2 is 1.70 bits per heavy atom. The molecule has 1 aliphatic heterocycles. The van der Waals surface area contributed by atoms with E-state index >= 15 is 0 Å². The van der Waals surface area contributed by atoms with Gasteiger partial charge in [0, 0.05) is 0 Å². The molecular formula is C13H21F3N2O2. The smallest absolute Gasteiger partial charge is 0.342 e. The summed E-state index contributed by atoms with van der Waals surface area (Å²) in [5.41, 5.74) is -0.640. The van der Waals surface area contributed by atoms with Crippen LogP contribution in [0, 0.1) is 11.3 Å². The molecule has 7 heteroatoms. The SMILES string of the molecule is CC(C)C1C(=O)NC(C(C)(C)C)C(=O)N1CC(F)(F)F. The number of rotatable bonds is 2. The van der Waals surface area contributed by atoms with E-state index in [1.807, 2.05) is 0 Å². The molecule has 1 fully saturated rings. The molecule has 116 valence electrons. The lowest BCUT2D eigenvalue weighted by Crippen LogP contribution is -2.68. The van der Waals surface area contributed by atoms with Gasteiger partial charge < -0.3 is 10.2 Å². The van der Waals surface area contributed by atoms with Crippen LogP contribution in [0.5, 0.6) is 0 Å². The number of nitrogens with one attached hydrogen (secondary N) is 1. The molecule has 0 bridgehead atoms. The van der Waals surface area contributed by atoms with E-state index in [0.29, 0.717) is 4.90 Å². The van der Waals surface area contributed by atoms with E-state index in [1.165, 1.54) is 0 Å². The third-order valence-corrected chi connectivity index (χ3v) is 3.27. The Hall–Kier alpha value is -1.27. The number of hydrogen-bond donors (Lipinski definition) is 1. The molecule has 1 saturated heterocycles.